The van der Waals surface area contributed by atoms with Crippen molar-refractivity contribution in [3.05, 3.63) is 33.8 Å². The molecule has 2 amide bonds. The molecule has 0 radical (unpaired) electrons. The first kappa shape index (κ1) is 15.0. The number of hydrogen-bond donors (Lipinski definition) is 1. The largest absolute Gasteiger partial charge is 0.478 e. The number of aromatic carboxylic acids is 1. The normalized spacial score (nSPS) is 23.7. The number of carbonyl (C=O) groups is 3. The quantitative estimate of drug-likeness (QED) is 0.806. The molecule has 0 bridgehead atoms. The lowest BCUT2D eigenvalue weighted by molar-refractivity contribution is -0.145. The molecule has 5 nitrogen and oxygen atoms in total. The number of carboxylic acid groups (broad SMARTS) is 1. The summed E-state index contributed by atoms with van der Waals surface area (Å²) < 4.78 is 0. The van der Waals surface area contributed by atoms with Crippen LogP contribution < -0.4 is 0 Å². The van der Waals surface area contributed by atoms with Crippen LogP contribution in [0.2, 0.25) is 5.02 Å². The van der Waals surface area contributed by atoms with Crippen molar-refractivity contribution >= 4 is 29.4 Å². The summed E-state index contributed by atoms with van der Waals surface area (Å²) in [6, 6.07) is 2.99. The van der Waals surface area contributed by atoms with Gasteiger partial charge in [0, 0.05) is 10.6 Å². The molecule has 22 heavy (non-hydrogen) atoms. The van der Waals surface area contributed by atoms with E-state index in [0.717, 1.165) is 0 Å². The lowest BCUT2D eigenvalue weighted by Gasteiger charge is -2.31. The Labute approximate surface area is 132 Å². The average molecular weight is 322 g/mol. The number of halogens is 1. The molecule has 0 spiro atoms. The molecule has 1 aromatic carbocycles. The Hall–Kier alpha value is -1.88. The van der Waals surface area contributed by atoms with Gasteiger partial charge in [0.25, 0.3) is 0 Å². The lowest BCUT2D eigenvalue weighted by atomic mass is 9.95. The highest BCUT2D eigenvalue weighted by Gasteiger charge is 2.55. The van der Waals surface area contributed by atoms with E-state index in [1.807, 2.05) is 20.8 Å². The van der Waals surface area contributed by atoms with Gasteiger partial charge in [0.15, 0.2) is 0 Å². The first-order valence-corrected chi connectivity index (χ1v) is 7.44. The molecule has 1 heterocycles. The van der Waals surface area contributed by atoms with Gasteiger partial charge in [-0.2, -0.15) is 0 Å². The number of hydrogen-bond acceptors (Lipinski definition) is 3. The van der Waals surface area contributed by atoms with E-state index >= 15 is 0 Å². The number of nitrogens with zero attached hydrogens (tertiary/aromatic N) is 1. The Morgan fingerprint density at radius 1 is 1.27 bits per heavy atom. The van der Waals surface area contributed by atoms with Crippen LogP contribution in [0.1, 0.15) is 48.2 Å². The summed E-state index contributed by atoms with van der Waals surface area (Å²) in [4.78, 5) is 38.0. The predicted octanol–water partition coefficient (Wildman–Crippen LogP) is 2.46. The number of carboxylic acids is 1. The first-order valence-electron chi connectivity index (χ1n) is 7.06. The van der Waals surface area contributed by atoms with Gasteiger partial charge in [-0.15, -0.1) is 0 Å². The third kappa shape index (κ3) is 1.96. The molecule has 6 heteroatoms. The van der Waals surface area contributed by atoms with Crippen LogP contribution in [0, 0.1) is 5.92 Å². The van der Waals surface area contributed by atoms with Gasteiger partial charge < -0.3 is 5.11 Å². The van der Waals surface area contributed by atoms with Crippen LogP contribution in [0.5, 0.6) is 0 Å². The van der Waals surface area contributed by atoms with Crippen LogP contribution >= 0.6 is 11.6 Å². The topological polar surface area (TPSA) is 74.7 Å². The fourth-order valence-electron chi connectivity index (χ4n) is 3.52. The van der Waals surface area contributed by atoms with Crippen molar-refractivity contribution in [2.75, 3.05) is 0 Å². The number of imide groups is 1. The second-order valence-electron chi connectivity index (χ2n) is 6.80. The summed E-state index contributed by atoms with van der Waals surface area (Å²) in [7, 11) is 0. The maximum Gasteiger partial charge on any atom is 0.336 e. The van der Waals surface area contributed by atoms with Crippen molar-refractivity contribution in [1.29, 1.82) is 0 Å². The number of rotatable bonds is 1. The Morgan fingerprint density at radius 3 is 2.45 bits per heavy atom. The molecule has 1 fully saturated rings. The zero-order valence-electron chi connectivity index (χ0n) is 12.5. The summed E-state index contributed by atoms with van der Waals surface area (Å²) in [6.45, 7) is 5.43. The van der Waals surface area contributed by atoms with Crippen LogP contribution in [0.3, 0.4) is 0 Å². The van der Waals surface area contributed by atoms with Crippen molar-refractivity contribution in [1.82, 2.24) is 4.90 Å². The van der Waals surface area contributed by atoms with Crippen molar-refractivity contribution in [2.24, 2.45) is 5.92 Å². The van der Waals surface area contributed by atoms with Gasteiger partial charge >= 0.3 is 5.97 Å². The highest BCUT2D eigenvalue weighted by molar-refractivity contribution is 6.31. The smallest absolute Gasteiger partial charge is 0.336 e. The number of carbonyl (C=O) groups excluding carboxylic acids is 2. The number of benzene rings is 1. The average Bonchev–Trinajstić information content (AvgIpc) is 2.85. The Balaban J connectivity index is 2.14. The summed E-state index contributed by atoms with van der Waals surface area (Å²) in [5, 5.41) is 9.58. The number of amides is 2. The van der Waals surface area contributed by atoms with Gasteiger partial charge in [-0.05, 0) is 50.5 Å². The zero-order valence-corrected chi connectivity index (χ0v) is 13.3. The van der Waals surface area contributed by atoms with Gasteiger partial charge in [-0.3, -0.25) is 14.5 Å². The molecular weight excluding hydrogens is 306 g/mol. The second-order valence-corrected chi connectivity index (χ2v) is 7.23. The summed E-state index contributed by atoms with van der Waals surface area (Å²) in [5.41, 5.74) is 0.634. The molecule has 0 saturated carbocycles. The van der Waals surface area contributed by atoms with Crippen molar-refractivity contribution < 1.29 is 19.5 Å². The van der Waals surface area contributed by atoms with Gasteiger partial charge in [0.2, 0.25) is 11.8 Å². The fraction of sp³-hybridized carbons (Fsp3) is 0.438. The molecule has 0 aromatic heterocycles. The molecule has 1 aromatic rings. The van der Waals surface area contributed by atoms with Gasteiger partial charge in [0.1, 0.15) is 0 Å². The molecule has 0 unspecified atom stereocenters. The van der Waals surface area contributed by atoms with E-state index in [2.05, 4.69) is 0 Å². The standard InChI is InChI=1S/C16H16ClNO4/c1-16(2,3)18-13(19)11-6-8-9(12(11)14(18)20)4-7(17)5-10(8)15(21)22/h4-5,11-12H,6H2,1-3H3,(H,21,22)/t11-,12+/m1/s1. The summed E-state index contributed by atoms with van der Waals surface area (Å²) in [6.07, 6.45) is 0.274. The van der Waals surface area contributed by atoms with Gasteiger partial charge in [-0.1, -0.05) is 11.6 Å². The minimum Gasteiger partial charge on any atom is -0.478 e. The van der Waals surface area contributed by atoms with Crippen LogP contribution in [0.15, 0.2) is 12.1 Å². The Kier molecular flexibility index (Phi) is 3.11. The third-order valence-electron chi connectivity index (χ3n) is 4.34. The minimum atomic E-state index is -1.09. The van der Waals surface area contributed by atoms with E-state index in [1.165, 1.54) is 11.0 Å². The predicted molar refractivity (Wildman–Crippen MR) is 80.0 cm³/mol. The van der Waals surface area contributed by atoms with Crippen molar-refractivity contribution in [3.63, 3.8) is 0 Å². The SMILES string of the molecule is CC(C)(C)N1C(=O)[C@@H]2Cc3c(C(=O)O)cc(Cl)cc3[C@@H]2C1=O. The van der Waals surface area contributed by atoms with E-state index in [9.17, 15) is 19.5 Å². The monoisotopic (exact) mass is 321 g/mol. The Bertz CT molecular complexity index is 720. The van der Waals surface area contributed by atoms with Crippen molar-refractivity contribution in [2.45, 2.75) is 38.6 Å². The minimum absolute atomic E-state index is 0.0832. The highest BCUT2D eigenvalue weighted by Crippen LogP contribution is 2.48. The summed E-state index contributed by atoms with van der Waals surface area (Å²) in [5.74, 6) is -2.71. The fourth-order valence-corrected chi connectivity index (χ4v) is 3.74. The molecule has 2 aliphatic rings. The van der Waals surface area contributed by atoms with E-state index in [4.69, 9.17) is 11.6 Å². The summed E-state index contributed by atoms with van der Waals surface area (Å²) >= 11 is 6.00. The molecule has 1 N–H and O–H groups in total. The van der Waals surface area contributed by atoms with E-state index in [1.54, 1.807) is 6.07 Å². The molecule has 1 aliphatic carbocycles. The molecule has 1 saturated heterocycles. The zero-order chi connectivity index (χ0) is 16.4. The van der Waals surface area contributed by atoms with E-state index < -0.39 is 23.3 Å². The number of likely N-dealkylation sites (tertiary alicyclic amines) is 1. The van der Waals surface area contributed by atoms with Crippen LogP contribution in [0.4, 0.5) is 0 Å². The third-order valence-corrected chi connectivity index (χ3v) is 4.55. The molecule has 3 rings (SSSR count). The number of fused-ring (bicyclic) bond motifs is 3. The first-order chi connectivity index (χ1) is 10.1. The maximum atomic E-state index is 12.7. The van der Waals surface area contributed by atoms with Crippen LogP contribution in [0.25, 0.3) is 0 Å². The van der Waals surface area contributed by atoms with Crippen LogP contribution in [-0.2, 0) is 16.0 Å². The molecule has 116 valence electrons. The Morgan fingerprint density at radius 2 is 1.91 bits per heavy atom. The maximum absolute atomic E-state index is 12.7. The van der Waals surface area contributed by atoms with Crippen LogP contribution in [-0.4, -0.2) is 33.3 Å². The van der Waals surface area contributed by atoms with E-state index in [0.29, 0.717) is 11.1 Å². The molecular formula is C16H16ClNO4. The molecule has 1 aliphatic heterocycles. The van der Waals surface area contributed by atoms with Gasteiger partial charge in [-0.25, -0.2) is 4.79 Å². The van der Waals surface area contributed by atoms with Gasteiger partial charge in [0.05, 0.1) is 17.4 Å². The highest BCUT2D eigenvalue weighted by atomic mass is 35.5. The second kappa shape index (κ2) is 4.56. The molecule has 2 atom stereocenters. The van der Waals surface area contributed by atoms with E-state index in [-0.39, 0.29) is 28.8 Å². The lowest BCUT2D eigenvalue weighted by Crippen LogP contribution is -2.46. The van der Waals surface area contributed by atoms with Crippen molar-refractivity contribution in [3.8, 4) is 0 Å².